The molecule has 0 radical (unpaired) electrons. The van der Waals surface area contributed by atoms with Crippen molar-refractivity contribution in [1.29, 1.82) is 0 Å². The molecule has 0 atom stereocenters. The molecule has 22 heavy (non-hydrogen) atoms. The van der Waals surface area contributed by atoms with Gasteiger partial charge in [0.25, 0.3) is 0 Å². The standard InChI is InChI=1S/C17H22N4O/c1-13-10-16(19-22-13)11-14-4-7-20(8-5-14)12-15-6-9-21(18-15)17-2-3-17/h6,9-11,17H,2-5,7-8,12H2,1H3. The second-order valence-corrected chi connectivity index (χ2v) is 6.46. The monoisotopic (exact) mass is 298 g/mol. The first-order chi connectivity index (χ1) is 10.8. The van der Waals surface area contributed by atoms with Gasteiger partial charge in [0.05, 0.1) is 11.7 Å². The quantitative estimate of drug-likeness (QED) is 0.869. The highest BCUT2D eigenvalue weighted by Gasteiger charge is 2.24. The van der Waals surface area contributed by atoms with E-state index in [9.17, 15) is 0 Å². The second-order valence-electron chi connectivity index (χ2n) is 6.46. The third-order valence-electron chi connectivity index (χ3n) is 4.47. The first-order valence-electron chi connectivity index (χ1n) is 8.15. The van der Waals surface area contributed by atoms with Crippen LogP contribution in [-0.2, 0) is 6.54 Å². The molecule has 0 amide bonds. The van der Waals surface area contributed by atoms with Gasteiger partial charge in [-0.25, -0.2) is 0 Å². The SMILES string of the molecule is Cc1cc(C=C2CCN(Cc3ccn(C4CC4)n3)CC2)no1. The number of aromatic nitrogens is 3. The van der Waals surface area contributed by atoms with Crippen LogP contribution in [0.15, 0.2) is 28.4 Å². The minimum atomic E-state index is 0.676. The van der Waals surface area contributed by atoms with E-state index in [4.69, 9.17) is 9.62 Å². The zero-order valence-electron chi connectivity index (χ0n) is 13.0. The van der Waals surface area contributed by atoms with Crippen LogP contribution in [0.2, 0.25) is 0 Å². The molecule has 0 aromatic carbocycles. The van der Waals surface area contributed by atoms with Gasteiger partial charge in [0, 0.05) is 31.9 Å². The Morgan fingerprint density at radius 2 is 2.14 bits per heavy atom. The summed E-state index contributed by atoms with van der Waals surface area (Å²) in [6, 6.07) is 4.83. The summed E-state index contributed by atoms with van der Waals surface area (Å²) in [5.41, 5.74) is 3.61. The van der Waals surface area contributed by atoms with E-state index in [1.165, 1.54) is 24.1 Å². The van der Waals surface area contributed by atoms with Crippen molar-refractivity contribution in [3.63, 3.8) is 0 Å². The fourth-order valence-corrected chi connectivity index (χ4v) is 3.04. The van der Waals surface area contributed by atoms with Gasteiger partial charge in [-0.1, -0.05) is 10.7 Å². The smallest absolute Gasteiger partial charge is 0.134 e. The highest BCUT2D eigenvalue weighted by atomic mass is 16.5. The molecule has 0 bridgehead atoms. The Labute approximate surface area is 130 Å². The van der Waals surface area contributed by atoms with Gasteiger partial charge in [-0.15, -0.1) is 0 Å². The molecule has 0 N–H and O–H groups in total. The van der Waals surface area contributed by atoms with Crippen LogP contribution >= 0.6 is 0 Å². The minimum absolute atomic E-state index is 0.676. The normalized spacial score (nSPS) is 19.6. The Hall–Kier alpha value is -1.88. The summed E-state index contributed by atoms with van der Waals surface area (Å²) in [7, 11) is 0. The van der Waals surface area contributed by atoms with Gasteiger partial charge in [-0.3, -0.25) is 9.58 Å². The van der Waals surface area contributed by atoms with Crippen LogP contribution in [0.5, 0.6) is 0 Å². The summed E-state index contributed by atoms with van der Waals surface area (Å²) in [6.45, 7) is 5.09. The van der Waals surface area contributed by atoms with E-state index < -0.39 is 0 Å². The largest absolute Gasteiger partial charge is 0.361 e. The lowest BCUT2D eigenvalue weighted by Crippen LogP contribution is -2.30. The average molecular weight is 298 g/mol. The molecule has 2 aromatic rings. The second kappa shape index (κ2) is 5.72. The van der Waals surface area contributed by atoms with Crippen molar-refractivity contribution in [2.24, 2.45) is 0 Å². The molecule has 116 valence electrons. The van der Waals surface area contributed by atoms with Crippen LogP contribution in [0.1, 0.15) is 48.9 Å². The summed E-state index contributed by atoms with van der Waals surface area (Å²) in [6.07, 6.45) is 9.11. The zero-order chi connectivity index (χ0) is 14.9. The number of piperidine rings is 1. The molecule has 0 unspecified atom stereocenters. The third-order valence-corrected chi connectivity index (χ3v) is 4.47. The van der Waals surface area contributed by atoms with E-state index in [1.54, 1.807) is 0 Å². The van der Waals surface area contributed by atoms with Crippen molar-refractivity contribution in [2.45, 2.75) is 45.2 Å². The Bertz CT molecular complexity index is 670. The Kier molecular flexibility index (Phi) is 3.58. The number of nitrogens with zero attached hydrogens (tertiary/aromatic N) is 4. The number of hydrogen-bond donors (Lipinski definition) is 0. The van der Waals surface area contributed by atoms with E-state index in [2.05, 4.69) is 33.1 Å². The van der Waals surface area contributed by atoms with Crippen LogP contribution in [-0.4, -0.2) is 32.9 Å². The molecule has 0 spiro atoms. The van der Waals surface area contributed by atoms with Crippen LogP contribution in [0.3, 0.4) is 0 Å². The third kappa shape index (κ3) is 3.14. The van der Waals surface area contributed by atoms with Gasteiger partial charge in [0.2, 0.25) is 0 Å². The maximum atomic E-state index is 5.12. The van der Waals surface area contributed by atoms with Gasteiger partial charge < -0.3 is 4.52 Å². The van der Waals surface area contributed by atoms with E-state index >= 15 is 0 Å². The van der Waals surface area contributed by atoms with Crippen molar-refractivity contribution < 1.29 is 4.52 Å². The highest BCUT2D eigenvalue weighted by molar-refractivity contribution is 5.48. The predicted octanol–water partition coefficient (Wildman–Crippen LogP) is 3.19. The summed E-state index contributed by atoms with van der Waals surface area (Å²) < 4.78 is 7.25. The summed E-state index contributed by atoms with van der Waals surface area (Å²) >= 11 is 0. The Morgan fingerprint density at radius 3 is 2.82 bits per heavy atom. The fraction of sp³-hybridized carbons (Fsp3) is 0.529. The van der Waals surface area contributed by atoms with E-state index in [0.29, 0.717) is 6.04 Å². The number of hydrogen-bond acceptors (Lipinski definition) is 4. The van der Waals surface area contributed by atoms with Crippen molar-refractivity contribution >= 4 is 6.08 Å². The first kappa shape index (κ1) is 13.8. The molecule has 4 rings (SSSR count). The molecule has 5 nitrogen and oxygen atoms in total. The molecule has 1 saturated carbocycles. The Balaban J connectivity index is 1.32. The predicted molar refractivity (Wildman–Crippen MR) is 84.2 cm³/mol. The number of likely N-dealkylation sites (tertiary alicyclic amines) is 1. The minimum Gasteiger partial charge on any atom is -0.361 e. The molecule has 1 aliphatic carbocycles. The lowest BCUT2D eigenvalue weighted by Gasteiger charge is -2.27. The number of aryl methyl sites for hydroxylation is 1. The van der Waals surface area contributed by atoms with Gasteiger partial charge in [-0.2, -0.15) is 5.10 Å². The topological polar surface area (TPSA) is 47.1 Å². The van der Waals surface area contributed by atoms with Gasteiger partial charge >= 0.3 is 0 Å². The Morgan fingerprint density at radius 1 is 1.32 bits per heavy atom. The van der Waals surface area contributed by atoms with Crippen molar-refractivity contribution in [3.05, 3.63) is 41.1 Å². The molecular weight excluding hydrogens is 276 g/mol. The van der Waals surface area contributed by atoms with Gasteiger partial charge in [0.15, 0.2) is 0 Å². The molecule has 3 heterocycles. The van der Waals surface area contributed by atoms with Crippen molar-refractivity contribution in [1.82, 2.24) is 19.8 Å². The summed E-state index contributed by atoms with van der Waals surface area (Å²) in [5, 5.41) is 8.74. The zero-order valence-corrected chi connectivity index (χ0v) is 13.0. The summed E-state index contributed by atoms with van der Waals surface area (Å²) in [4.78, 5) is 2.49. The average Bonchev–Trinajstić information content (AvgIpc) is 3.14. The molecule has 5 heteroatoms. The maximum Gasteiger partial charge on any atom is 0.134 e. The lowest BCUT2D eigenvalue weighted by molar-refractivity contribution is 0.245. The van der Waals surface area contributed by atoms with Crippen LogP contribution in [0.4, 0.5) is 0 Å². The van der Waals surface area contributed by atoms with E-state index in [-0.39, 0.29) is 0 Å². The van der Waals surface area contributed by atoms with Crippen molar-refractivity contribution in [3.8, 4) is 0 Å². The molecule has 2 fully saturated rings. The van der Waals surface area contributed by atoms with Crippen molar-refractivity contribution in [2.75, 3.05) is 13.1 Å². The summed E-state index contributed by atoms with van der Waals surface area (Å²) in [5.74, 6) is 0.871. The number of rotatable bonds is 4. The molecule has 2 aromatic heterocycles. The maximum absolute atomic E-state index is 5.12. The molecule has 1 aliphatic heterocycles. The lowest BCUT2D eigenvalue weighted by atomic mass is 10.0. The van der Waals surface area contributed by atoms with Crippen LogP contribution in [0, 0.1) is 6.92 Å². The molecular formula is C17H22N4O. The van der Waals surface area contributed by atoms with Gasteiger partial charge in [0.1, 0.15) is 11.5 Å². The highest BCUT2D eigenvalue weighted by Crippen LogP contribution is 2.34. The molecule has 2 aliphatic rings. The van der Waals surface area contributed by atoms with E-state index in [0.717, 1.165) is 43.9 Å². The van der Waals surface area contributed by atoms with E-state index in [1.807, 2.05) is 13.0 Å². The molecule has 1 saturated heterocycles. The van der Waals surface area contributed by atoms with Crippen LogP contribution < -0.4 is 0 Å². The first-order valence-corrected chi connectivity index (χ1v) is 8.15. The van der Waals surface area contributed by atoms with Crippen LogP contribution in [0.25, 0.3) is 6.08 Å². The van der Waals surface area contributed by atoms with Gasteiger partial charge in [-0.05, 0) is 44.7 Å². The fourth-order valence-electron chi connectivity index (χ4n) is 3.04.